The minimum atomic E-state index is 0.124. The Hall–Kier alpha value is -4.88. The van der Waals surface area contributed by atoms with E-state index < -0.39 is 0 Å². The fourth-order valence-corrected chi connectivity index (χ4v) is 12.8. The summed E-state index contributed by atoms with van der Waals surface area (Å²) < 4.78 is 0. The molecule has 12 rings (SSSR count). The number of benzene rings is 6. The zero-order chi connectivity index (χ0) is 37.1. The second-order valence-electron chi connectivity index (χ2n) is 19.2. The summed E-state index contributed by atoms with van der Waals surface area (Å²) in [6, 6.07) is 53.7. The maximum absolute atomic E-state index is 2.67. The Kier molecular flexibility index (Phi) is 7.34. The van der Waals surface area contributed by atoms with Crippen LogP contribution < -0.4 is 4.90 Å². The van der Waals surface area contributed by atoms with Crippen molar-refractivity contribution in [3.05, 3.63) is 162 Å². The van der Waals surface area contributed by atoms with E-state index in [0.29, 0.717) is 0 Å². The van der Waals surface area contributed by atoms with Crippen LogP contribution >= 0.6 is 0 Å². The Morgan fingerprint density at radius 2 is 1.00 bits per heavy atom. The number of fused-ring (bicyclic) bond motifs is 4. The highest BCUT2D eigenvalue weighted by atomic mass is 15.1. The number of nitrogens with zero attached hydrogens (tertiary/aromatic N) is 1. The highest BCUT2D eigenvalue weighted by Gasteiger charge is 2.61. The first-order chi connectivity index (χ1) is 26.7. The van der Waals surface area contributed by atoms with Crippen molar-refractivity contribution in [3.63, 3.8) is 0 Å². The molecule has 0 radical (unpaired) electrons. The number of hydrogen-bond donors (Lipinski definition) is 0. The summed E-state index contributed by atoms with van der Waals surface area (Å²) in [7, 11) is 0. The molecule has 0 N–H and O–H groups in total. The van der Waals surface area contributed by atoms with Gasteiger partial charge in [-0.05, 0) is 166 Å². The molecule has 0 unspecified atom stereocenters. The van der Waals surface area contributed by atoms with Crippen LogP contribution in [0.5, 0.6) is 0 Å². The molecular formula is C54H53N. The first-order valence-corrected chi connectivity index (χ1v) is 21.2. The van der Waals surface area contributed by atoms with Crippen molar-refractivity contribution in [3.8, 4) is 33.4 Å². The Balaban J connectivity index is 1.09. The lowest BCUT2D eigenvalue weighted by Crippen LogP contribution is -2.55. The SMILES string of the molecule is CC1(C)CCC(C)(C)c2cc(-c3ccc(N(c4ccccc4)c4cc5c(cc4-c4ccccc4)C4(c6ccccc6-5)C5CC6CC(C5)CC4C6)cc3)ccc21. The first kappa shape index (κ1) is 33.5. The van der Waals surface area contributed by atoms with Gasteiger partial charge in [0, 0.05) is 22.4 Å². The second kappa shape index (κ2) is 12.1. The van der Waals surface area contributed by atoms with E-state index in [1.54, 1.807) is 11.1 Å². The molecule has 1 heteroatoms. The standard InChI is InChI=1S/C54H53N/c1-52(2)25-26-53(3,4)50-32-39(21-24-48(50)52)37-19-22-43(23-20-37)55(42-15-9-6-10-16-42)51-34-46-44-17-11-12-18-47(44)54(40-28-35-27-36(30-40)31-41(54)29-35)49(46)33-45(51)38-13-7-5-8-14-38/h5-24,32-36,40-41H,25-31H2,1-4H3. The van der Waals surface area contributed by atoms with Gasteiger partial charge >= 0.3 is 0 Å². The Bertz CT molecular complexity index is 2400. The fourth-order valence-electron chi connectivity index (χ4n) is 12.8. The molecule has 4 fully saturated rings. The van der Waals surface area contributed by atoms with Gasteiger partial charge in [0.2, 0.25) is 0 Å². The van der Waals surface area contributed by atoms with Gasteiger partial charge in [0.25, 0.3) is 0 Å². The summed E-state index contributed by atoms with van der Waals surface area (Å²) in [6.07, 6.45) is 9.50. The molecule has 0 aromatic heterocycles. The van der Waals surface area contributed by atoms with Gasteiger partial charge in [0.05, 0.1) is 5.69 Å². The molecule has 1 spiro atoms. The molecule has 55 heavy (non-hydrogen) atoms. The van der Waals surface area contributed by atoms with E-state index >= 15 is 0 Å². The van der Waals surface area contributed by atoms with Crippen molar-refractivity contribution in [2.75, 3.05) is 4.90 Å². The molecule has 4 saturated carbocycles. The van der Waals surface area contributed by atoms with Crippen LogP contribution in [0.15, 0.2) is 140 Å². The third-order valence-corrected chi connectivity index (χ3v) is 15.3. The minimum absolute atomic E-state index is 0.124. The number of para-hydroxylation sites is 1. The third kappa shape index (κ3) is 4.97. The molecule has 4 bridgehead atoms. The predicted octanol–water partition coefficient (Wildman–Crippen LogP) is 14.6. The van der Waals surface area contributed by atoms with Crippen molar-refractivity contribution in [1.82, 2.24) is 0 Å². The Morgan fingerprint density at radius 3 is 1.69 bits per heavy atom. The van der Waals surface area contributed by atoms with Gasteiger partial charge < -0.3 is 4.90 Å². The van der Waals surface area contributed by atoms with Crippen LogP contribution in [-0.4, -0.2) is 0 Å². The van der Waals surface area contributed by atoms with E-state index in [2.05, 4.69) is 172 Å². The fraction of sp³-hybridized carbons (Fsp3) is 0.333. The van der Waals surface area contributed by atoms with Gasteiger partial charge in [-0.2, -0.15) is 0 Å². The lowest BCUT2D eigenvalue weighted by Gasteiger charge is -2.61. The predicted molar refractivity (Wildman–Crippen MR) is 231 cm³/mol. The number of anilines is 3. The molecule has 1 nitrogen and oxygen atoms in total. The van der Waals surface area contributed by atoms with E-state index in [0.717, 1.165) is 23.7 Å². The lowest BCUT2D eigenvalue weighted by atomic mass is 9.43. The zero-order valence-corrected chi connectivity index (χ0v) is 33.0. The molecule has 0 heterocycles. The van der Waals surface area contributed by atoms with Crippen molar-refractivity contribution in [2.24, 2.45) is 23.7 Å². The van der Waals surface area contributed by atoms with E-state index in [4.69, 9.17) is 0 Å². The van der Waals surface area contributed by atoms with Crippen LogP contribution in [0.1, 0.15) is 94.9 Å². The van der Waals surface area contributed by atoms with Crippen molar-refractivity contribution in [2.45, 2.75) is 88.9 Å². The molecule has 0 atom stereocenters. The molecule has 274 valence electrons. The van der Waals surface area contributed by atoms with Gasteiger partial charge in [-0.15, -0.1) is 0 Å². The zero-order valence-electron chi connectivity index (χ0n) is 33.0. The van der Waals surface area contributed by atoms with E-state index in [1.807, 2.05) is 0 Å². The molecule has 0 aliphatic heterocycles. The topological polar surface area (TPSA) is 3.24 Å². The quantitative estimate of drug-likeness (QED) is 0.172. The van der Waals surface area contributed by atoms with Gasteiger partial charge in [-0.1, -0.05) is 131 Å². The number of hydrogen-bond acceptors (Lipinski definition) is 1. The van der Waals surface area contributed by atoms with Gasteiger partial charge in [0.1, 0.15) is 0 Å². The molecule has 6 aromatic rings. The van der Waals surface area contributed by atoms with Crippen LogP contribution in [0.2, 0.25) is 0 Å². The van der Waals surface area contributed by atoms with Gasteiger partial charge in [-0.25, -0.2) is 0 Å². The summed E-state index contributed by atoms with van der Waals surface area (Å²) in [6.45, 7) is 9.68. The van der Waals surface area contributed by atoms with Gasteiger partial charge in [0.15, 0.2) is 0 Å². The van der Waals surface area contributed by atoms with Crippen molar-refractivity contribution >= 4 is 17.1 Å². The maximum atomic E-state index is 2.67. The van der Waals surface area contributed by atoms with Crippen LogP contribution in [0.3, 0.4) is 0 Å². The van der Waals surface area contributed by atoms with E-state index in [1.165, 1.54) is 107 Å². The average molecular weight is 716 g/mol. The number of rotatable bonds is 5. The van der Waals surface area contributed by atoms with Gasteiger partial charge in [-0.3, -0.25) is 0 Å². The first-order valence-electron chi connectivity index (χ1n) is 21.2. The Morgan fingerprint density at radius 1 is 0.418 bits per heavy atom. The molecule has 6 aromatic carbocycles. The molecule has 6 aliphatic rings. The minimum Gasteiger partial charge on any atom is -0.310 e. The monoisotopic (exact) mass is 715 g/mol. The van der Waals surface area contributed by atoms with Crippen molar-refractivity contribution < 1.29 is 0 Å². The third-order valence-electron chi connectivity index (χ3n) is 15.3. The smallest absolute Gasteiger partial charge is 0.0546 e. The molecular weight excluding hydrogens is 663 g/mol. The van der Waals surface area contributed by atoms with E-state index in [9.17, 15) is 0 Å². The summed E-state index contributed by atoms with van der Waals surface area (Å²) in [5.41, 5.74) is 18.5. The molecule has 6 aliphatic carbocycles. The summed E-state index contributed by atoms with van der Waals surface area (Å²) in [4.78, 5) is 2.52. The summed E-state index contributed by atoms with van der Waals surface area (Å²) in [5.74, 6) is 3.32. The molecule has 0 saturated heterocycles. The highest BCUT2D eigenvalue weighted by molar-refractivity contribution is 5.95. The highest BCUT2D eigenvalue weighted by Crippen LogP contribution is 2.70. The van der Waals surface area contributed by atoms with Crippen LogP contribution in [0.4, 0.5) is 17.1 Å². The summed E-state index contributed by atoms with van der Waals surface area (Å²) in [5, 5.41) is 0. The van der Waals surface area contributed by atoms with Crippen molar-refractivity contribution in [1.29, 1.82) is 0 Å². The normalized spacial score (nSPS) is 26.0. The Labute approximate surface area is 328 Å². The maximum Gasteiger partial charge on any atom is 0.0546 e. The largest absolute Gasteiger partial charge is 0.310 e. The van der Waals surface area contributed by atoms with Crippen LogP contribution in [0.25, 0.3) is 33.4 Å². The lowest BCUT2D eigenvalue weighted by molar-refractivity contribution is -0.0399. The van der Waals surface area contributed by atoms with Crippen LogP contribution in [0, 0.1) is 23.7 Å². The summed E-state index contributed by atoms with van der Waals surface area (Å²) >= 11 is 0. The average Bonchev–Trinajstić information content (AvgIpc) is 3.49. The van der Waals surface area contributed by atoms with E-state index in [-0.39, 0.29) is 16.2 Å². The van der Waals surface area contributed by atoms with Crippen LogP contribution in [-0.2, 0) is 16.2 Å². The second-order valence-corrected chi connectivity index (χ2v) is 19.2. The molecule has 0 amide bonds.